The molecule has 0 heterocycles. The predicted octanol–water partition coefficient (Wildman–Crippen LogP) is 2.16. The molecule has 0 fully saturated rings. The SMILES string of the molecule is CC(C)(C)CN(CC(N)=O)C(=O)OCc1ccccc1. The number of hydrogen-bond acceptors (Lipinski definition) is 3. The van der Waals surface area contributed by atoms with Gasteiger partial charge in [-0.05, 0) is 11.0 Å². The molecule has 5 heteroatoms. The van der Waals surface area contributed by atoms with Crippen LogP contribution in [-0.4, -0.2) is 30.0 Å². The minimum absolute atomic E-state index is 0.134. The van der Waals surface area contributed by atoms with Gasteiger partial charge in [0.15, 0.2) is 0 Å². The van der Waals surface area contributed by atoms with Gasteiger partial charge in [-0.2, -0.15) is 0 Å². The first-order valence-corrected chi connectivity index (χ1v) is 6.52. The minimum atomic E-state index is -0.550. The smallest absolute Gasteiger partial charge is 0.410 e. The van der Waals surface area contributed by atoms with Crippen molar-refractivity contribution in [1.82, 2.24) is 4.90 Å². The van der Waals surface area contributed by atoms with Gasteiger partial charge in [-0.25, -0.2) is 4.79 Å². The lowest BCUT2D eigenvalue weighted by molar-refractivity contribution is -0.119. The number of nitrogens with two attached hydrogens (primary N) is 1. The van der Waals surface area contributed by atoms with E-state index in [4.69, 9.17) is 10.5 Å². The normalized spacial score (nSPS) is 10.9. The quantitative estimate of drug-likeness (QED) is 0.897. The molecule has 0 saturated carbocycles. The first-order chi connectivity index (χ1) is 9.28. The largest absolute Gasteiger partial charge is 0.445 e. The van der Waals surface area contributed by atoms with E-state index >= 15 is 0 Å². The van der Waals surface area contributed by atoms with Crippen LogP contribution in [0.25, 0.3) is 0 Å². The summed E-state index contributed by atoms with van der Waals surface area (Å²) >= 11 is 0. The Morgan fingerprint density at radius 3 is 2.30 bits per heavy atom. The van der Waals surface area contributed by atoms with Gasteiger partial charge in [0.25, 0.3) is 0 Å². The lowest BCUT2D eigenvalue weighted by Gasteiger charge is -2.28. The van der Waals surface area contributed by atoms with E-state index in [1.807, 2.05) is 51.1 Å². The van der Waals surface area contributed by atoms with Gasteiger partial charge in [0.05, 0.1) is 0 Å². The van der Waals surface area contributed by atoms with Crippen LogP contribution in [0, 0.1) is 5.41 Å². The van der Waals surface area contributed by atoms with E-state index in [-0.39, 0.29) is 18.6 Å². The molecule has 0 bridgehead atoms. The zero-order valence-electron chi connectivity index (χ0n) is 12.3. The van der Waals surface area contributed by atoms with Gasteiger partial charge in [-0.15, -0.1) is 0 Å². The van der Waals surface area contributed by atoms with Crippen molar-refractivity contribution in [2.24, 2.45) is 11.1 Å². The monoisotopic (exact) mass is 278 g/mol. The summed E-state index contributed by atoms with van der Waals surface area (Å²) in [7, 11) is 0. The Hall–Kier alpha value is -2.04. The van der Waals surface area contributed by atoms with Gasteiger partial charge in [0.2, 0.25) is 5.91 Å². The summed E-state index contributed by atoms with van der Waals surface area (Å²) in [5, 5.41) is 0. The Morgan fingerprint density at radius 2 is 1.80 bits per heavy atom. The maximum atomic E-state index is 12.0. The Labute approximate surface area is 119 Å². The molecule has 5 nitrogen and oxygen atoms in total. The molecule has 1 aromatic carbocycles. The van der Waals surface area contributed by atoms with Crippen LogP contribution in [0.2, 0.25) is 0 Å². The molecule has 110 valence electrons. The van der Waals surface area contributed by atoms with Crippen LogP contribution in [0.3, 0.4) is 0 Å². The molecular formula is C15H22N2O3. The average Bonchev–Trinajstić information content (AvgIpc) is 2.34. The van der Waals surface area contributed by atoms with Gasteiger partial charge in [0, 0.05) is 6.54 Å². The fourth-order valence-electron chi connectivity index (χ4n) is 1.76. The molecule has 0 aliphatic rings. The topological polar surface area (TPSA) is 72.6 Å². The molecule has 0 spiro atoms. The minimum Gasteiger partial charge on any atom is -0.445 e. The van der Waals surface area contributed by atoms with E-state index in [1.54, 1.807) is 0 Å². The molecule has 1 aromatic rings. The van der Waals surface area contributed by atoms with Crippen LogP contribution in [0.5, 0.6) is 0 Å². The number of primary amides is 1. The molecule has 0 aliphatic carbocycles. The third-order valence-corrected chi connectivity index (χ3v) is 2.48. The summed E-state index contributed by atoms with van der Waals surface area (Å²) in [5.41, 5.74) is 5.93. The molecule has 1 rings (SSSR count). The fourth-order valence-corrected chi connectivity index (χ4v) is 1.76. The first-order valence-electron chi connectivity index (χ1n) is 6.52. The third-order valence-electron chi connectivity index (χ3n) is 2.48. The lowest BCUT2D eigenvalue weighted by atomic mass is 9.96. The van der Waals surface area contributed by atoms with E-state index in [0.717, 1.165) is 5.56 Å². The molecular weight excluding hydrogens is 256 g/mol. The van der Waals surface area contributed by atoms with Gasteiger partial charge >= 0.3 is 6.09 Å². The van der Waals surface area contributed by atoms with Crippen molar-refractivity contribution in [3.8, 4) is 0 Å². The second kappa shape index (κ2) is 6.93. The first kappa shape index (κ1) is 16.0. The Morgan fingerprint density at radius 1 is 1.20 bits per heavy atom. The van der Waals surface area contributed by atoms with Crippen molar-refractivity contribution < 1.29 is 14.3 Å². The summed E-state index contributed by atoms with van der Waals surface area (Å²) in [6.07, 6.45) is -0.525. The highest BCUT2D eigenvalue weighted by molar-refractivity contribution is 5.80. The van der Waals surface area contributed by atoms with Crippen molar-refractivity contribution in [3.63, 3.8) is 0 Å². The van der Waals surface area contributed by atoms with Crippen molar-refractivity contribution in [2.75, 3.05) is 13.1 Å². The Balaban J connectivity index is 2.61. The molecule has 0 unspecified atom stereocenters. The van der Waals surface area contributed by atoms with Crippen molar-refractivity contribution in [3.05, 3.63) is 35.9 Å². The second-order valence-electron chi connectivity index (χ2n) is 5.92. The highest BCUT2D eigenvalue weighted by atomic mass is 16.6. The average molecular weight is 278 g/mol. The molecule has 0 saturated heterocycles. The third kappa shape index (κ3) is 6.22. The number of amides is 2. The standard InChI is InChI=1S/C15H22N2O3/c1-15(2,3)11-17(9-13(16)18)14(19)20-10-12-7-5-4-6-8-12/h4-8H,9-11H2,1-3H3,(H2,16,18). The Bertz CT molecular complexity index is 452. The second-order valence-corrected chi connectivity index (χ2v) is 5.92. The van der Waals surface area contributed by atoms with Crippen LogP contribution < -0.4 is 5.73 Å². The highest BCUT2D eigenvalue weighted by Gasteiger charge is 2.23. The number of benzene rings is 1. The molecule has 0 aromatic heterocycles. The maximum absolute atomic E-state index is 12.0. The van der Waals surface area contributed by atoms with Gasteiger partial charge < -0.3 is 10.5 Å². The predicted molar refractivity (Wildman–Crippen MR) is 76.8 cm³/mol. The maximum Gasteiger partial charge on any atom is 0.410 e. The number of nitrogens with zero attached hydrogens (tertiary/aromatic N) is 1. The molecule has 0 aliphatic heterocycles. The van der Waals surface area contributed by atoms with Crippen molar-refractivity contribution >= 4 is 12.0 Å². The van der Waals surface area contributed by atoms with Crippen LogP contribution in [-0.2, 0) is 16.1 Å². The molecule has 0 atom stereocenters. The summed E-state index contributed by atoms with van der Waals surface area (Å²) in [4.78, 5) is 24.4. The van der Waals surface area contributed by atoms with Crippen LogP contribution in [0.15, 0.2) is 30.3 Å². The van der Waals surface area contributed by atoms with Crippen LogP contribution in [0.1, 0.15) is 26.3 Å². The number of carbonyl (C=O) groups is 2. The van der Waals surface area contributed by atoms with Crippen molar-refractivity contribution in [2.45, 2.75) is 27.4 Å². The van der Waals surface area contributed by atoms with E-state index in [0.29, 0.717) is 6.54 Å². The summed E-state index contributed by atoms with van der Waals surface area (Å²) in [6.45, 7) is 6.38. The zero-order valence-corrected chi connectivity index (χ0v) is 12.3. The fraction of sp³-hybridized carbons (Fsp3) is 0.467. The van der Waals surface area contributed by atoms with E-state index in [1.165, 1.54) is 4.90 Å². The lowest BCUT2D eigenvalue weighted by Crippen LogP contribution is -2.43. The summed E-state index contributed by atoms with van der Waals surface area (Å²) in [5.74, 6) is -0.550. The zero-order chi connectivity index (χ0) is 15.2. The van der Waals surface area contributed by atoms with Crippen LogP contribution in [0.4, 0.5) is 4.79 Å². The number of ether oxygens (including phenoxy) is 1. The highest BCUT2D eigenvalue weighted by Crippen LogP contribution is 2.16. The van der Waals surface area contributed by atoms with Gasteiger partial charge in [0.1, 0.15) is 13.2 Å². The van der Waals surface area contributed by atoms with E-state index < -0.39 is 12.0 Å². The summed E-state index contributed by atoms with van der Waals surface area (Å²) in [6, 6.07) is 9.38. The van der Waals surface area contributed by atoms with E-state index in [2.05, 4.69) is 0 Å². The number of rotatable bonds is 5. The van der Waals surface area contributed by atoms with Gasteiger partial charge in [-0.1, -0.05) is 51.1 Å². The summed E-state index contributed by atoms with van der Waals surface area (Å²) < 4.78 is 5.22. The van der Waals surface area contributed by atoms with Crippen LogP contribution >= 0.6 is 0 Å². The number of hydrogen-bond donors (Lipinski definition) is 1. The Kier molecular flexibility index (Phi) is 5.55. The molecule has 20 heavy (non-hydrogen) atoms. The molecule has 2 N–H and O–H groups in total. The molecule has 2 amide bonds. The van der Waals surface area contributed by atoms with Gasteiger partial charge in [-0.3, -0.25) is 9.69 Å². The number of carbonyl (C=O) groups excluding carboxylic acids is 2. The van der Waals surface area contributed by atoms with E-state index in [9.17, 15) is 9.59 Å². The molecule has 0 radical (unpaired) electrons. The van der Waals surface area contributed by atoms with Crippen molar-refractivity contribution in [1.29, 1.82) is 0 Å².